The van der Waals surface area contributed by atoms with Crippen molar-refractivity contribution < 1.29 is 27.2 Å². The fourth-order valence-electron chi connectivity index (χ4n) is 1.41. The molecule has 0 fully saturated rings. The summed E-state index contributed by atoms with van der Waals surface area (Å²) in [5.41, 5.74) is -0.385. The van der Waals surface area contributed by atoms with Gasteiger partial charge in [0.05, 0.1) is 4.90 Å². The van der Waals surface area contributed by atoms with E-state index in [1.807, 2.05) is 0 Å². The van der Waals surface area contributed by atoms with Crippen molar-refractivity contribution in [2.75, 3.05) is 0 Å². The molecule has 1 aromatic heterocycles. The lowest BCUT2D eigenvalue weighted by Gasteiger charge is -2.01. The number of nitrogens with zero attached hydrogens (tertiary/aromatic N) is 1. The zero-order valence-corrected chi connectivity index (χ0v) is 10.2. The van der Waals surface area contributed by atoms with E-state index in [0.29, 0.717) is 0 Å². The highest BCUT2D eigenvalue weighted by molar-refractivity contribution is 7.90. The van der Waals surface area contributed by atoms with Crippen molar-refractivity contribution in [3.63, 3.8) is 0 Å². The molecule has 0 radical (unpaired) electrons. The lowest BCUT2D eigenvalue weighted by atomic mass is 10.3. The molecule has 0 aliphatic heterocycles. The van der Waals surface area contributed by atoms with Gasteiger partial charge in [0, 0.05) is 6.07 Å². The minimum Gasteiger partial charge on any atom is -0.476 e. The van der Waals surface area contributed by atoms with Gasteiger partial charge in [-0.3, -0.25) is 0 Å². The Morgan fingerprint density at radius 3 is 2.68 bits per heavy atom. The van der Waals surface area contributed by atoms with Crippen LogP contribution < -0.4 is 0 Å². The molecule has 6 nitrogen and oxygen atoms in total. The molecular formula is C11H8FNO5S. The van der Waals surface area contributed by atoms with Crippen LogP contribution >= 0.6 is 0 Å². The molecule has 1 heterocycles. The number of hydrogen-bond acceptors (Lipinski definition) is 5. The molecule has 0 amide bonds. The van der Waals surface area contributed by atoms with Crippen LogP contribution in [0.2, 0.25) is 0 Å². The van der Waals surface area contributed by atoms with E-state index in [9.17, 15) is 17.6 Å². The summed E-state index contributed by atoms with van der Waals surface area (Å²) in [6.45, 7) is 0. The molecule has 8 heteroatoms. The maximum atomic E-state index is 13.0. The van der Waals surface area contributed by atoms with Crippen LogP contribution in [0.4, 0.5) is 4.39 Å². The Morgan fingerprint density at radius 2 is 2.11 bits per heavy atom. The minimum atomic E-state index is -3.81. The third-order valence-corrected chi connectivity index (χ3v) is 3.90. The Labute approximate surface area is 107 Å². The summed E-state index contributed by atoms with van der Waals surface area (Å²) in [6, 6.07) is 5.52. The number of rotatable bonds is 4. The first-order valence-electron chi connectivity index (χ1n) is 5.06. The van der Waals surface area contributed by atoms with Gasteiger partial charge in [-0.2, -0.15) is 0 Å². The van der Waals surface area contributed by atoms with Crippen molar-refractivity contribution in [3.05, 3.63) is 47.6 Å². The van der Waals surface area contributed by atoms with Crippen LogP contribution in [0.15, 0.2) is 39.8 Å². The summed E-state index contributed by atoms with van der Waals surface area (Å²) in [7, 11) is -3.81. The molecule has 100 valence electrons. The summed E-state index contributed by atoms with van der Waals surface area (Å²) in [5.74, 6) is -2.71. The normalized spacial score (nSPS) is 11.4. The number of hydrogen-bond donors (Lipinski definition) is 1. The molecule has 0 bridgehead atoms. The van der Waals surface area contributed by atoms with E-state index >= 15 is 0 Å². The minimum absolute atomic E-state index is 0.123. The molecule has 1 aromatic carbocycles. The Morgan fingerprint density at radius 1 is 1.37 bits per heavy atom. The topological polar surface area (TPSA) is 97.5 Å². The highest BCUT2D eigenvalue weighted by atomic mass is 32.2. The second-order valence-electron chi connectivity index (χ2n) is 3.70. The number of aromatic nitrogens is 1. The van der Waals surface area contributed by atoms with Crippen LogP contribution in [0, 0.1) is 5.82 Å². The maximum absolute atomic E-state index is 13.0. The Kier molecular flexibility index (Phi) is 3.34. The number of carbonyl (C=O) groups is 1. The van der Waals surface area contributed by atoms with E-state index in [-0.39, 0.29) is 16.3 Å². The summed E-state index contributed by atoms with van der Waals surface area (Å²) >= 11 is 0. The fraction of sp³-hybridized carbons (Fsp3) is 0.0909. The van der Waals surface area contributed by atoms with Crippen LogP contribution in [0.1, 0.15) is 16.2 Å². The maximum Gasteiger partial charge on any atom is 0.358 e. The smallest absolute Gasteiger partial charge is 0.358 e. The van der Waals surface area contributed by atoms with E-state index in [1.165, 1.54) is 12.1 Å². The van der Waals surface area contributed by atoms with Gasteiger partial charge in [-0.1, -0.05) is 11.2 Å². The van der Waals surface area contributed by atoms with Crippen molar-refractivity contribution in [2.45, 2.75) is 10.6 Å². The number of aromatic carboxylic acids is 1. The largest absolute Gasteiger partial charge is 0.476 e. The summed E-state index contributed by atoms with van der Waals surface area (Å²) in [6.07, 6.45) is 0. The summed E-state index contributed by atoms with van der Waals surface area (Å²) in [4.78, 5) is 10.4. The van der Waals surface area contributed by atoms with E-state index in [4.69, 9.17) is 5.11 Å². The molecular weight excluding hydrogens is 277 g/mol. The quantitative estimate of drug-likeness (QED) is 0.913. The molecule has 0 aliphatic rings. The van der Waals surface area contributed by atoms with E-state index in [2.05, 4.69) is 9.68 Å². The van der Waals surface area contributed by atoms with Gasteiger partial charge in [-0.25, -0.2) is 17.6 Å². The van der Waals surface area contributed by atoms with Gasteiger partial charge in [-0.05, 0) is 18.2 Å². The van der Waals surface area contributed by atoms with Crippen LogP contribution in [-0.2, 0) is 15.6 Å². The van der Waals surface area contributed by atoms with Crippen LogP contribution in [0.5, 0.6) is 0 Å². The molecule has 2 aromatic rings. The van der Waals surface area contributed by atoms with Crippen LogP contribution in [0.3, 0.4) is 0 Å². The summed E-state index contributed by atoms with van der Waals surface area (Å²) < 4.78 is 41.4. The third kappa shape index (κ3) is 2.97. The molecule has 0 saturated carbocycles. The average Bonchev–Trinajstić information content (AvgIpc) is 2.77. The van der Waals surface area contributed by atoms with Crippen molar-refractivity contribution in [2.24, 2.45) is 0 Å². The van der Waals surface area contributed by atoms with Crippen LogP contribution in [-0.4, -0.2) is 24.7 Å². The molecule has 0 unspecified atom stereocenters. The van der Waals surface area contributed by atoms with E-state index < -0.39 is 27.4 Å². The number of benzene rings is 1. The van der Waals surface area contributed by atoms with Gasteiger partial charge < -0.3 is 9.63 Å². The molecule has 0 atom stereocenters. The Hall–Kier alpha value is -2.22. The van der Waals surface area contributed by atoms with Gasteiger partial charge in [0.15, 0.2) is 21.3 Å². The molecule has 0 aliphatic carbocycles. The molecule has 2 rings (SSSR count). The van der Waals surface area contributed by atoms with Gasteiger partial charge in [-0.15, -0.1) is 0 Å². The lowest BCUT2D eigenvalue weighted by Crippen LogP contribution is -2.04. The molecule has 0 saturated heterocycles. The fourth-order valence-corrected chi connectivity index (χ4v) is 2.67. The van der Waals surface area contributed by atoms with Crippen molar-refractivity contribution >= 4 is 15.8 Å². The first kappa shape index (κ1) is 13.2. The number of halogens is 1. The van der Waals surface area contributed by atoms with E-state index in [0.717, 1.165) is 18.2 Å². The molecule has 0 spiro atoms. The SMILES string of the molecule is O=C(O)c1cc(CS(=O)(=O)c2cccc(F)c2)on1. The zero-order chi connectivity index (χ0) is 14.0. The zero-order valence-electron chi connectivity index (χ0n) is 9.41. The predicted molar refractivity (Wildman–Crippen MR) is 60.8 cm³/mol. The molecule has 1 N–H and O–H groups in total. The third-order valence-electron chi connectivity index (χ3n) is 2.27. The first-order chi connectivity index (χ1) is 8.88. The van der Waals surface area contributed by atoms with Gasteiger partial charge >= 0.3 is 5.97 Å². The lowest BCUT2D eigenvalue weighted by molar-refractivity contribution is 0.0685. The highest BCUT2D eigenvalue weighted by Gasteiger charge is 2.20. The molecule has 19 heavy (non-hydrogen) atoms. The van der Waals surface area contributed by atoms with Crippen molar-refractivity contribution in [1.82, 2.24) is 5.16 Å². The van der Waals surface area contributed by atoms with Gasteiger partial charge in [0.2, 0.25) is 0 Å². The predicted octanol–water partition coefficient (Wildman–Crippen LogP) is 1.49. The Bertz CT molecular complexity index is 722. The van der Waals surface area contributed by atoms with E-state index in [1.54, 1.807) is 0 Å². The first-order valence-corrected chi connectivity index (χ1v) is 6.71. The highest BCUT2D eigenvalue weighted by Crippen LogP contribution is 2.17. The monoisotopic (exact) mass is 285 g/mol. The van der Waals surface area contributed by atoms with Gasteiger partial charge in [0.1, 0.15) is 11.6 Å². The second-order valence-corrected chi connectivity index (χ2v) is 5.69. The average molecular weight is 285 g/mol. The van der Waals surface area contributed by atoms with Gasteiger partial charge in [0.25, 0.3) is 0 Å². The second kappa shape index (κ2) is 4.81. The number of sulfone groups is 1. The van der Waals surface area contributed by atoms with Crippen molar-refractivity contribution in [3.8, 4) is 0 Å². The van der Waals surface area contributed by atoms with Crippen LogP contribution in [0.25, 0.3) is 0 Å². The number of carboxylic acid groups (broad SMARTS) is 1. The standard InChI is InChI=1S/C11H8FNO5S/c12-7-2-1-3-9(4-7)19(16,17)6-8-5-10(11(14)15)13-18-8/h1-5H,6H2,(H,14,15). The number of carboxylic acids is 1. The summed E-state index contributed by atoms with van der Waals surface area (Å²) in [5, 5.41) is 11.8. The Balaban J connectivity index is 2.28. The van der Waals surface area contributed by atoms with Crippen molar-refractivity contribution in [1.29, 1.82) is 0 Å².